The SMILES string of the molecule is COCCN1C(=O)CCc2cc3c(cc21)CCNCC3. The number of carbonyl (C=O) groups is 1. The van der Waals surface area contributed by atoms with E-state index < -0.39 is 0 Å². The molecule has 3 rings (SSSR count). The molecule has 1 N–H and O–H groups in total. The van der Waals surface area contributed by atoms with E-state index in [0.29, 0.717) is 19.6 Å². The lowest BCUT2D eigenvalue weighted by Crippen LogP contribution is -2.37. The minimum Gasteiger partial charge on any atom is -0.383 e. The smallest absolute Gasteiger partial charge is 0.227 e. The van der Waals surface area contributed by atoms with Crippen molar-refractivity contribution in [3.63, 3.8) is 0 Å². The maximum absolute atomic E-state index is 12.2. The number of nitrogens with zero attached hydrogens (tertiary/aromatic N) is 1. The molecular weight excluding hydrogens is 252 g/mol. The Morgan fingerprint density at radius 3 is 2.60 bits per heavy atom. The van der Waals surface area contributed by atoms with Crippen LogP contribution in [0.3, 0.4) is 0 Å². The fourth-order valence-corrected chi connectivity index (χ4v) is 3.15. The summed E-state index contributed by atoms with van der Waals surface area (Å²) in [7, 11) is 1.68. The Hall–Kier alpha value is -1.39. The maximum Gasteiger partial charge on any atom is 0.227 e. The molecule has 2 aliphatic rings. The first-order valence-corrected chi connectivity index (χ1v) is 7.44. The Kier molecular flexibility index (Phi) is 4.03. The molecule has 0 radical (unpaired) electrons. The van der Waals surface area contributed by atoms with Crippen LogP contribution in [0.25, 0.3) is 0 Å². The molecule has 0 aromatic heterocycles. The minimum atomic E-state index is 0.223. The van der Waals surface area contributed by atoms with Crippen LogP contribution in [0.15, 0.2) is 12.1 Å². The van der Waals surface area contributed by atoms with Gasteiger partial charge in [-0.2, -0.15) is 0 Å². The number of benzene rings is 1. The number of anilines is 1. The Morgan fingerprint density at radius 2 is 1.85 bits per heavy atom. The number of rotatable bonds is 3. The van der Waals surface area contributed by atoms with Gasteiger partial charge in [-0.1, -0.05) is 6.07 Å². The van der Waals surface area contributed by atoms with E-state index >= 15 is 0 Å². The highest BCUT2D eigenvalue weighted by Gasteiger charge is 2.25. The van der Waals surface area contributed by atoms with Crippen LogP contribution in [0.4, 0.5) is 5.69 Å². The molecule has 20 heavy (non-hydrogen) atoms. The Morgan fingerprint density at radius 1 is 1.10 bits per heavy atom. The first kappa shape index (κ1) is 13.6. The number of hydrogen-bond donors (Lipinski definition) is 1. The summed E-state index contributed by atoms with van der Waals surface area (Å²) >= 11 is 0. The van der Waals surface area contributed by atoms with E-state index in [2.05, 4.69) is 17.4 Å². The number of fused-ring (bicyclic) bond motifs is 2. The highest BCUT2D eigenvalue weighted by Crippen LogP contribution is 2.31. The number of nitrogens with one attached hydrogen (secondary N) is 1. The number of carbonyl (C=O) groups excluding carboxylic acids is 1. The molecule has 0 saturated heterocycles. The topological polar surface area (TPSA) is 41.6 Å². The van der Waals surface area contributed by atoms with Crippen molar-refractivity contribution < 1.29 is 9.53 Å². The van der Waals surface area contributed by atoms with Crippen molar-refractivity contribution in [2.75, 3.05) is 38.3 Å². The van der Waals surface area contributed by atoms with Crippen molar-refractivity contribution in [3.05, 3.63) is 28.8 Å². The Balaban J connectivity index is 1.96. The number of ether oxygens (including phenoxy) is 1. The van der Waals surface area contributed by atoms with E-state index in [1.54, 1.807) is 7.11 Å². The first-order valence-electron chi connectivity index (χ1n) is 7.44. The summed E-state index contributed by atoms with van der Waals surface area (Å²) in [6.07, 6.45) is 3.63. The lowest BCUT2D eigenvalue weighted by atomic mass is 9.93. The van der Waals surface area contributed by atoms with E-state index in [-0.39, 0.29) is 5.91 Å². The van der Waals surface area contributed by atoms with Crippen molar-refractivity contribution >= 4 is 11.6 Å². The largest absolute Gasteiger partial charge is 0.383 e. The molecule has 1 aromatic carbocycles. The normalized spacial score (nSPS) is 18.4. The van der Waals surface area contributed by atoms with Crippen LogP contribution in [0.2, 0.25) is 0 Å². The van der Waals surface area contributed by atoms with Crippen LogP contribution in [0, 0.1) is 0 Å². The van der Waals surface area contributed by atoms with Gasteiger partial charge in [-0.15, -0.1) is 0 Å². The van der Waals surface area contributed by atoms with Gasteiger partial charge in [-0.3, -0.25) is 4.79 Å². The van der Waals surface area contributed by atoms with Crippen molar-refractivity contribution in [1.82, 2.24) is 5.32 Å². The van der Waals surface area contributed by atoms with E-state index in [0.717, 1.165) is 38.0 Å². The van der Waals surface area contributed by atoms with Gasteiger partial charge in [-0.05, 0) is 55.1 Å². The van der Waals surface area contributed by atoms with Crippen molar-refractivity contribution in [2.24, 2.45) is 0 Å². The summed E-state index contributed by atoms with van der Waals surface area (Å²) in [4.78, 5) is 14.1. The molecule has 1 amide bonds. The van der Waals surface area contributed by atoms with E-state index in [1.165, 1.54) is 16.7 Å². The molecule has 0 atom stereocenters. The Labute approximate surface area is 120 Å². The minimum absolute atomic E-state index is 0.223. The zero-order chi connectivity index (χ0) is 13.9. The molecule has 0 aliphatic carbocycles. The van der Waals surface area contributed by atoms with E-state index in [4.69, 9.17) is 4.74 Å². The third-order valence-electron chi connectivity index (χ3n) is 4.26. The third-order valence-corrected chi connectivity index (χ3v) is 4.26. The van der Waals surface area contributed by atoms with Crippen molar-refractivity contribution in [3.8, 4) is 0 Å². The summed E-state index contributed by atoms with van der Waals surface area (Å²) in [5.41, 5.74) is 5.28. The molecule has 1 aromatic rings. The summed E-state index contributed by atoms with van der Waals surface area (Å²) in [5.74, 6) is 0.223. The van der Waals surface area contributed by atoms with Crippen molar-refractivity contribution in [1.29, 1.82) is 0 Å². The second-order valence-corrected chi connectivity index (χ2v) is 5.54. The number of aryl methyl sites for hydroxylation is 1. The van der Waals surface area contributed by atoms with Gasteiger partial charge in [0.15, 0.2) is 0 Å². The standard InChI is InChI=1S/C16H22N2O2/c1-20-9-8-18-15-11-13-5-7-17-6-4-12(13)10-14(15)2-3-16(18)19/h10-11,17H,2-9H2,1H3. The van der Waals surface area contributed by atoms with E-state index in [9.17, 15) is 4.79 Å². The molecule has 2 heterocycles. The van der Waals surface area contributed by atoms with Gasteiger partial charge in [0.25, 0.3) is 0 Å². The van der Waals surface area contributed by atoms with Crippen LogP contribution in [-0.2, 0) is 28.8 Å². The first-order chi connectivity index (χ1) is 9.79. The second-order valence-electron chi connectivity index (χ2n) is 5.54. The van der Waals surface area contributed by atoms with Gasteiger partial charge in [-0.25, -0.2) is 0 Å². The van der Waals surface area contributed by atoms with Crippen LogP contribution < -0.4 is 10.2 Å². The van der Waals surface area contributed by atoms with Gasteiger partial charge in [0.2, 0.25) is 5.91 Å². The molecule has 0 fully saturated rings. The van der Waals surface area contributed by atoms with Gasteiger partial charge < -0.3 is 15.0 Å². The fraction of sp³-hybridized carbons (Fsp3) is 0.562. The maximum atomic E-state index is 12.2. The average Bonchev–Trinajstić information content (AvgIpc) is 2.69. The predicted molar refractivity (Wildman–Crippen MR) is 79.3 cm³/mol. The van der Waals surface area contributed by atoms with Gasteiger partial charge in [0.05, 0.1) is 6.61 Å². The number of hydrogen-bond acceptors (Lipinski definition) is 3. The molecule has 2 aliphatic heterocycles. The van der Waals surface area contributed by atoms with Crippen LogP contribution in [0.5, 0.6) is 0 Å². The van der Waals surface area contributed by atoms with Gasteiger partial charge in [0, 0.05) is 25.8 Å². The molecule has 0 spiro atoms. The lowest BCUT2D eigenvalue weighted by Gasteiger charge is -2.30. The average molecular weight is 274 g/mol. The molecule has 4 nitrogen and oxygen atoms in total. The highest BCUT2D eigenvalue weighted by molar-refractivity contribution is 5.96. The summed E-state index contributed by atoms with van der Waals surface area (Å²) in [6, 6.07) is 4.56. The Bertz CT molecular complexity index is 513. The van der Waals surface area contributed by atoms with Gasteiger partial charge in [0.1, 0.15) is 0 Å². The summed E-state index contributed by atoms with van der Waals surface area (Å²) in [5, 5.41) is 3.44. The third kappa shape index (κ3) is 2.58. The van der Waals surface area contributed by atoms with E-state index in [1.807, 2.05) is 4.90 Å². The predicted octanol–water partition coefficient (Wildman–Crippen LogP) is 1.30. The zero-order valence-electron chi connectivity index (χ0n) is 12.1. The molecule has 0 saturated carbocycles. The molecule has 0 bridgehead atoms. The van der Waals surface area contributed by atoms with Gasteiger partial charge >= 0.3 is 0 Å². The lowest BCUT2D eigenvalue weighted by molar-refractivity contribution is -0.119. The second kappa shape index (κ2) is 5.94. The fourth-order valence-electron chi connectivity index (χ4n) is 3.15. The monoisotopic (exact) mass is 274 g/mol. The highest BCUT2D eigenvalue weighted by atomic mass is 16.5. The number of methoxy groups -OCH3 is 1. The quantitative estimate of drug-likeness (QED) is 0.903. The van der Waals surface area contributed by atoms with Crippen LogP contribution in [-0.4, -0.2) is 39.3 Å². The molecular formula is C16H22N2O2. The van der Waals surface area contributed by atoms with Crippen molar-refractivity contribution in [2.45, 2.75) is 25.7 Å². The summed E-state index contributed by atoms with van der Waals surface area (Å²) < 4.78 is 5.14. The summed E-state index contributed by atoms with van der Waals surface area (Å²) in [6.45, 7) is 3.32. The number of amides is 1. The van der Waals surface area contributed by atoms with Crippen LogP contribution in [0.1, 0.15) is 23.1 Å². The molecule has 108 valence electrons. The zero-order valence-corrected chi connectivity index (χ0v) is 12.1. The molecule has 4 heteroatoms. The van der Waals surface area contributed by atoms with Crippen LogP contribution >= 0.6 is 0 Å². The molecule has 0 unspecified atom stereocenters.